The quantitative estimate of drug-likeness (QED) is 0.927. The highest BCUT2D eigenvalue weighted by Crippen LogP contribution is 2.32. The van der Waals surface area contributed by atoms with Crippen LogP contribution in [-0.4, -0.2) is 19.5 Å². The largest absolute Gasteiger partial charge is 0.478 e. The van der Waals surface area contributed by atoms with Crippen molar-refractivity contribution in [2.75, 3.05) is 0 Å². The molecule has 20 heavy (non-hydrogen) atoms. The number of aromatic carboxylic acids is 1. The molecule has 106 valence electrons. The fourth-order valence-corrected chi connectivity index (χ4v) is 4.21. The molecule has 0 atom stereocenters. The molecule has 0 radical (unpaired) electrons. The topological polar surface area (TPSA) is 84.6 Å². The summed E-state index contributed by atoms with van der Waals surface area (Å²) in [4.78, 5) is 10.7. The Balaban J connectivity index is 2.47. The fourth-order valence-electron chi connectivity index (χ4n) is 1.67. The highest BCUT2D eigenvalue weighted by molar-refractivity contribution is 7.90. The van der Waals surface area contributed by atoms with Crippen LogP contribution in [0.25, 0.3) is 0 Å². The van der Waals surface area contributed by atoms with Crippen molar-refractivity contribution in [3.63, 3.8) is 0 Å². The van der Waals surface area contributed by atoms with Crippen LogP contribution in [0, 0.1) is 0 Å². The van der Waals surface area contributed by atoms with Crippen LogP contribution in [0.5, 0.6) is 0 Å². The van der Waals surface area contributed by atoms with Gasteiger partial charge in [0.25, 0.3) is 0 Å². The molecule has 1 aromatic carbocycles. The Morgan fingerprint density at radius 3 is 2.35 bits per heavy atom. The molecule has 0 unspecified atom stereocenters. The first-order chi connectivity index (χ1) is 9.33. The van der Waals surface area contributed by atoms with Crippen molar-refractivity contribution in [3.8, 4) is 0 Å². The van der Waals surface area contributed by atoms with Gasteiger partial charge in [0.15, 0.2) is 9.84 Å². The summed E-state index contributed by atoms with van der Waals surface area (Å²) in [5.41, 5.74) is -0.211. The molecule has 5 nitrogen and oxygen atoms in total. The third kappa shape index (κ3) is 2.82. The number of hydrogen-bond donors (Lipinski definition) is 1. The molecule has 0 aliphatic heterocycles. The van der Waals surface area contributed by atoms with Crippen molar-refractivity contribution in [1.82, 2.24) is 0 Å². The molecule has 1 heterocycles. The van der Waals surface area contributed by atoms with E-state index in [1.165, 1.54) is 24.3 Å². The SMILES string of the molecule is O=C(O)c1ccoc1CS(=O)(=O)c1c(Cl)cccc1Cl. The molecule has 8 heteroatoms. The van der Waals surface area contributed by atoms with E-state index < -0.39 is 21.6 Å². The zero-order valence-corrected chi connectivity index (χ0v) is 12.2. The average Bonchev–Trinajstić information content (AvgIpc) is 2.75. The van der Waals surface area contributed by atoms with Crippen LogP contribution in [0.2, 0.25) is 10.0 Å². The normalized spacial score (nSPS) is 11.5. The zero-order valence-electron chi connectivity index (χ0n) is 9.84. The van der Waals surface area contributed by atoms with Crippen molar-refractivity contribution in [2.45, 2.75) is 10.6 Å². The number of sulfone groups is 1. The first kappa shape index (κ1) is 14.9. The highest BCUT2D eigenvalue weighted by Gasteiger charge is 2.26. The minimum absolute atomic E-state index is 0.0269. The molecule has 0 spiro atoms. The Morgan fingerprint density at radius 2 is 1.80 bits per heavy atom. The second-order valence-corrected chi connectivity index (χ2v) is 6.61. The lowest BCUT2D eigenvalue weighted by Crippen LogP contribution is -2.09. The Bertz CT molecular complexity index is 744. The number of carbonyl (C=O) groups is 1. The smallest absolute Gasteiger partial charge is 0.339 e. The van der Waals surface area contributed by atoms with E-state index in [2.05, 4.69) is 0 Å². The van der Waals surface area contributed by atoms with Crippen LogP contribution < -0.4 is 0 Å². The summed E-state index contributed by atoms with van der Waals surface area (Å²) in [5.74, 6) is -2.08. The summed E-state index contributed by atoms with van der Waals surface area (Å²) < 4.78 is 29.5. The van der Waals surface area contributed by atoms with Crippen molar-refractivity contribution in [2.24, 2.45) is 0 Å². The number of halogens is 2. The Labute approximate surface area is 124 Å². The summed E-state index contributed by atoms with van der Waals surface area (Å²) in [6.07, 6.45) is 1.11. The molecule has 0 amide bonds. The van der Waals surface area contributed by atoms with E-state index in [-0.39, 0.29) is 26.3 Å². The molecular weight excluding hydrogens is 327 g/mol. The molecule has 0 saturated heterocycles. The minimum Gasteiger partial charge on any atom is -0.478 e. The van der Waals surface area contributed by atoms with Crippen molar-refractivity contribution < 1.29 is 22.7 Å². The van der Waals surface area contributed by atoms with E-state index >= 15 is 0 Å². The lowest BCUT2D eigenvalue weighted by Gasteiger charge is -2.07. The van der Waals surface area contributed by atoms with Gasteiger partial charge in [0.1, 0.15) is 22.0 Å². The fraction of sp³-hybridized carbons (Fsp3) is 0.0833. The first-order valence-corrected chi connectivity index (χ1v) is 7.70. The van der Waals surface area contributed by atoms with Crippen LogP contribution in [0.4, 0.5) is 0 Å². The Morgan fingerprint density at radius 1 is 1.20 bits per heavy atom. The molecule has 0 aliphatic rings. The van der Waals surface area contributed by atoms with Gasteiger partial charge >= 0.3 is 5.97 Å². The van der Waals surface area contributed by atoms with Gasteiger partial charge in [-0.1, -0.05) is 29.3 Å². The summed E-state index contributed by atoms with van der Waals surface area (Å²) in [7, 11) is -3.92. The average molecular weight is 335 g/mol. The second-order valence-electron chi connectivity index (χ2n) is 3.87. The van der Waals surface area contributed by atoms with Gasteiger partial charge in [-0.25, -0.2) is 13.2 Å². The first-order valence-electron chi connectivity index (χ1n) is 5.29. The molecule has 0 saturated carbocycles. The van der Waals surface area contributed by atoms with Crippen molar-refractivity contribution in [1.29, 1.82) is 0 Å². The van der Waals surface area contributed by atoms with E-state index in [1.54, 1.807) is 0 Å². The summed E-state index contributed by atoms with van der Waals surface area (Å²) in [6, 6.07) is 5.47. The lowest BCUT2D eigenvalue weighted by molar-refractivity contribution is 0.0695. The maximum absolute atomic E-state index is 12.3. The minimum atomic E-state index is -3.92. The van der Waals surface area contributed by atoms with Crippen LogP contribution in [0.15, 0.2) is 39.8 Å². The maximum atomic E-state index is 12.3. The van der Waals surface area contributed by atoms with Crippen molar-refractivity contribution >= 4 is 39.0 Å². The maximum Gasteiger partial charge on any atom is 0.339 e. The number of carboxylic acids is 1. The zero-order chi connectivity index (χ0) is 14.9. The van der Waals surface area contributed by atoms with Gasteiger partial charge in [-0.2, -0.15) is 0 Å². The molecule has 0 aliphatic carbocycles. The summed E-state index contributed by atoms with van der Waals surface area (Å²) in [6.45, 7) is 0. The number of hydrogen-bond acceptors (Lipinski definition) is 4. The lowest BCUT2D eigenvalue weighted by atomic mass is 10.3. The van der Waals surface area contributed by atoms with E-state index in [9.17, 15) is 13.2 Å². The van der Waals surface area contributed by atoms with E-state index in [4.69, 9.17) is 32.7 Å². The number of carboxylic acid groups (broad SMARTS) is 1. The van der Waals surface area contributed by atoms with Crippen LogP contribution in [0.1, 0.15) is 16.1 Å². The Kier molecular flexibility index (Phi) is 4.08. The molecule has 0 fully saturated rings. The number of rotatable bonds is 4. The van der Waals surface area contributed by atoms with Gasteiger partial charge in [0.05, 0.1) is 16.3 Å². The molecular formula is C12H8Cl2O5S. The monoisotopic (exact) mass is 334 g/mol. The number of furan rings is 1. The van der Waals surface area contributed by atoms with Crippen LogP contribution in [0.3, 0.4) is 0 Å². The standard InChI is InChI=1S/C12H8Cl2O5S/c13-8-2-1-3-9(14)11(8)20(17,18)6-10-7(12(15)16)4-5-19-10/h1-5H,6H2,(H,15,16). The van der Waals surface area contributed by atoms with E-state index in [1.807, 2.05) is 0 Å². The third-order valence-electron chi connectivity index (χ3n) is 2.53. The van der Waals surface area contributed by atoms with Gasteiger partial charge in [0, 0.05) is 0 Å². The van der Waals surface area contributed by atoms with Crippen LogP contribution in [-0.2, 0) is 15.6 Å². The highest BCUT2D eigenvalue weighted by atomic mass is 35.5. The molecule has 1 N–H and O–H groups in total. The van der Waals surface area contributed by atoms with Gasteiger partial charge in [-0.15, -0.1) is 0 Å². The molecule has 0 bridgehead atoms. The van der Waals surface area contributed by atoms with E-state index in [0.29, 0.717) is 0 Å². The summed E-state index contributed by atoms with van der Waals surface area (Å²) >= 11 is 11.7. The summed E-state index contributed by atoms with van der Waals surface area (Å²) in [5, 5.41) is 8.87. The van der Waals surface area contributed by atoms with Gasteiger partial charge < -0.3 is 9.52 Å². The van der Waals surface area contributed by atoms with Gasteiger partial charge in [0.2, 0.25) is 0 Å². The molecule has 2 rings (SSSR count). The van der Waals surface area contributed by atoms with E-state index in [0.717, 1.165) is 6.26 Å². The van der Waals surface area contributed by atoms with Gasteiger partial charge in [-0.05, 0) is 18.2 Å². The van der Waals surface area contributed by atoms with Crippen molar-refractivity contribution in [3.05, 3.63) is 51.9 Å². The third-order valence-corrected chi connectivity index (χ3v) is 5.08. The molecule has 1 aromatic heterocycles. The predicted octanol–water partition coefficient (Wildman–Crippen LogP) is 3.26. The second kappa shape index (κ2) is 5.47. The van der Waals surface area contributed by atoms with Crippen LogP contribution >= 0.6 is 23.2 Å². The molecule has 2 aromatic rings. The number of benzene rings is 1. The van der Waals surface area contributed by atoms with Gasteiger partial charge in [-0.3, -0.25) is 0 Å². The predicted molar refractivity (Wildman–Crippen MR) is 73.0 cm³/mol. The Hall–Kier alpha value is -1.50.